The first kappa shape index (κ1) is 17.4. The molecule has 1 aromatic carbocycles. The minimum atomic E-state index is -0.545. The Bertz CT molecular complexity index is 1000. The summed E-state index contributed by atoms with van der Waals surface area (Å²) in [7, 11) is 1.47. The molecule has 0 fully saturated rings. The van der Waals surface area contributed by atoms with Crippen LogP contribution >= 0.6 is 11.5 Å². The topological polar surface area (TPSA) is 137 Å². The minimum Gasteiger partial charge on any atom is -0.358 e. The van der Waals surface area contributed by atoms with E-state index in [1.54, 1.807) is 31.2 Å². The van der Waals surface area contributed by atoms with Crippen molar-refractivity contribution >= 4 is 29.0 Å². The number of carbonyl (C=O) groups excluding carboxylic acids is 2. The molecule has 0 atom stereocenters. The van der Waals surface area contributed by atoms with Gasteiger partial charge in [-0.2, -0.15) is 9.36 Å². The van der Waals surface area contributed by atoms with Crippen molar-refractivity contribution in [1.29, 1.82) is 0 Å². The number of hydrogen-bond donors (Lipinski definition) is 2. The molecule has 0 aliphatic carbocycles. The van der Waals surface area contributed by atoms with Crippen LogP contribution < -0.4 is 16.3 Å². The molecule has 11 nitrogen and oxygen atoms in total. The number of amides is 2. The predicted molar refractivity (Wildman–Crippen MR) is 92.3 cm³/mol. The van der Waals surface area contributed by atoms with Crippen molar-refractivity contribution in [2.75, 3.05) is 12.4 Å². The first-order valence-corrected chi connectivity index (χ1v) is 8.21. The lowest BCUT2D eigenvalue weighted by Crippen LogP contribution is -2.31. The van der Waals surface area contributed by atoms with Crippen molar-refractivity contribution in [2.24, 2.45) is 0 Å². The first-order valence-electron chi connectivity index (χ1n) is 7.43. The summed E-state index contributed by atoms with van der Waals surface area (Å²) in [5.74, 6) is -0.663. The molecule has 2 heterocycles. The average molecular weight is 374 g/mol. The molecule has 2 amide bonds. The van der Waals surface area contributed by atoms with Crippen molar-refractivity contribution in [3.63, 3.8) is 0 Å². The second kappa shape index (κ2) is 7.23. The number of aromatic nitrogens is 6. The van der Waals surface area contributed by atoms with E-state index in [4.69, 9.17) is 0 Å². The summed E-state index contributed by atoms with van der Waals surface area (Å²) in [5.41, 5.74) is 1.00. The summed E-state index contributed by atoms with van der Waals surface area (Å²) in [6.45, 7) is 1.49. The molecular weight excluding hydrogens is 360 g/mol. The molecule has 0 radical (unpaired) electrons. The van der Waals surface area contributed by atoms with Gasteiger partial charge in [0.25, 0.3) is 5.91 Å². The van der Waals surface area contributed by atoms with E-state index in [0.29, 0.717) is 21.9 Å². The molecular formula is C14H14N8O3S. The average Bonchev–Trinajstić information content (AvgIpc) is 3.22. The van der Waals surface area contributed by atoms with Crippen LogP contribution in [0.3, 0.4) is 0 Å². The van der Waals surface area contributed by atoms with Crippen LogP contribution in [0.2, 0.25) is 0 Å². The molecule has 0 saturated carbocycles. The summed E-state index contributed by atoms with van der Waals surface area (Å²) >= 11 is 1.02. The standard InChI is InChI=1S/C14H14N8O3S/c1-8-12(26-20-17-8)13(24)16-9-3-5-10(6-4-9)22-14(25)21(18-19-22)7-11(23)15-2/h3-6H,7H2,1-2H3,(H,15,23)(H,16,24). The Morgan fingerprint density at radius 1 is 1.19 bits per heavy atom. The van der Waals surface area contributed by atoms with Crippen LogP contribution in [0.15, 0.2) is 29.1 Å². The second-order valence-corrected chi connectivity index (χ2v) is 5.95. The van der Waals surface area contributed by atoms with Gasteiger partial charge in [0.2, 0.25) is 5.91 Å². The van der Waals surface area contributed by atoms with Crippen molar-refractivity contribution in [1.82, 2.24) is 34.7 Å². The van der Waals surface area contributed by atoms with E-state index in [0.717, 1.165) is 20.9 Å². The molecule has 2 aromatic heterocycles. The first-order chi connectivity index (χ1) is 12.5. The summed E-state index contributed by atoms with van der Waals surface area (Å²) in [6, 6.07) is 6.46. The van der Waals surface area contributed by atoms with Crippen LogP contribution in [-0.4, -0.2) is 48.2 Å². The smallest absolute Gasteiger partial charge is 0.358 e. The van der Waals surface area contributed by atoms with E-state index in [2.05, 4.69) is 30.6 Å². The Hall–Kier alpha value is -3.41. The maximum absolute atomic E-state index is 12.2. The zero-order chi connectivity index (χ0) is 18.7. The number of nitrogens with one attached hydrogen (secondary N) is 2. The van der Waals surface area contributed by atoms with Gasteiger partial charge < -0.3 is 10.6 Å². The van der Waals surface area contributed by atoms with Crippen LogP contribution in [0.1, 0.15) is 15.4 Å². The van der Waals surface area contributed by atoms with Gasteiger partial charge in [-0.3, -0.25) is 9.59 Å². The third-order valence-corrected chi connectivity index (χ3v) is 4.27. The van der Waals surface area contributed by atoms with Gasteiger partial charge in [0.15, 0.2) is 0 Å². The summed E-state index contributed by atoms with van der Waals surface area (Å²) in [5, 5.41) is 16.3. The summed E-state index contributed by atoms with van der Waals surface area (Å²) in [6.07, 6.45) is 0. The van der Waals surface area contributed by atoms with Gasteiger partial charge in [-0.15, -0.1) is 5.10 Å². The number of tetrazole rings is 1. The molecule has 0 saturated heterocycles. The fourth-order valence-electron chi connectivity index (χ4n) is 2.06. The molecule has 26 heavy (non-hydrogen) atoms. The largest absolute Gasteiger partial charge is 0.368 e. The normalized spacial score (nSPS) is 10.5. The highest BCUT2D eigenvalue weighted by atomic mass is 32.1. The molecule has 3 rings (SSSR count). The Morgan fingerprint density at radius 2 is 1.92 bits per heavy atom. The Balaban J connectivity index is 1.76. The van der Waals surface area contributed by atoms with Gasteiger partial charge >= 0.3 is 5.69 Å². The fraction of sp³-hybridized carbons (Fsp3) is 0.214. The maximum atomic E-state index is 12.2. The molecule has 0 unspecified atom stereocenters. The summed E-state index contributed by atoms with van der Waals surface area (Å²) in [4.78, 5) is 36.1. The lowest BCUT2D eigenvalue weighted by molar-refractivity contribution is -0.121. The zero-order valence-electron chi connectivity index (χ0n) is 13.8. The molecule has 134 valence electrons. The molecule has 2 N–H and O–H groups in total. The van der Waals surface area contributed by atoms with Crippen LogP contribution in [0.25, 0.3) is 5.69 Å². The lowest BCUT2D eigenvalue weighted by atomic mass is 10.2. The van der Waals surface area contributed by atoms with Gasteiger partial charge in [-0.05, 0) is 53.1 Å². The minimum absolute atomic E-state index is 0.217. The number of anilines is 1. The van der Waals surface area contributed by atoms with E-state index < -0.39 is 5.69 Å². The van der Waals surface area contributed by atoms with Gasteiger partial charge in [0, 0.05) is 12.7 Å². The van der Waals surface area contributed by atoms with Crippen molar-refractivity contribution in [3.05, 3.63) is 45.3 Å². The quantitative estimate of drug-likeness (QED) is 0.619. The van der Waals surface area contributed by atoms with Gasteiger partial charge in [0.1, 0.15) is 11.4 Å². The van der Waals surface area contributed by atoms with Crippen LogP contribution in [-0.2, 0) is 11.3 Å². The number of hydrogen-bond acceptors (Lipinski definition) is 8. The Kier molecular flexibility index (Phi) is 4.84. The van der Waals surface area contributed by atoms with Gasteiger partial charge in [0.05, 0.1) is 11.4 Å². The molecule has 3 aromatic rings. The predicted octanol–water partition coefficient (Wildman–Crippen LogP) is -0.413. The number of rotatable bonds is 5. The highest BCUT2D eigenvalue weighted by molar-refractivity contribution is 7.08. The van der Waals surface area contributed by atoms with Crippen LogP contribution in [0.5, 0.6) is 0 Å². The van der Waals surface area contributed by atoms with Crippen LogP contribution in [0, 0.1) is 6.92 Å². The van der Waals surface area contributed by atoms with E-state index in [9.17, 15) is 14.4 Å². The number of nitrogens with zero attached hydrogens (tertiary/aromatic N) is 6. The van der Waals surface area contributed by atoms with E-state index >= 15 is 0 Å². The number of likely N-dealkylation sites (N-methyl/N-ethyl adjacent to an activating group) is 1. The molecule has 12 heteroatoms. The monoisotopic (exact) mass is 374 g/mol. The zero-order valence-corrected chi connectivity index (χ0v) is 14.6. The number of aryl methyl sites for hydroxylation is 1. The SMILES string of the molecule is CNC(=O)Cn1nnn(-c2ccc(NC(=O)c3snnc3C)cc2)c1=O. The van der Waals surface area contributed by atoms with Crippen LogP contribution in [0.4, 0.5) is 5.69 Å². The molecule has 0 spiro atoms. The summed E-state index contributed by atoms with van der Waals surface area (Å²) < 4.78 is 5.74. The number of benzene rings is 1. The van der Waals surface area contributed by atoms with Gasteiger partial charge in [-0.1, -0.05) is 4.49 Å². The fourth-order valence-corrected chi connectivity index (χ4v) is 2.62. The van der Waals surface area contributed by atoms with Crippen molar-refractivity contribution in [2.45, 2.75) is 13.5 Å². The third kappa shape index (κ3) is 3.49. The maximum Gasteiger partial charge on any atom is 0.368 e. The van der Waals surface area contributed by atoms with Crippen molar-refractivity contribution < 1.29 is 9.59 Å². The van der Waals surface area contributed by atoms with E-state index in [1.807, 2.05) is 0 Å². The highest BCUT2D eigenvalue weighted by Crippen LogP contribution is 2.15. The number of carbonyl (C=O) groups is 2. The molecule has 0 aliphatic rings. The lowest BCUT2D eigenvalue weighted by Gasteiger charge is -2.05. The molecule has 0 bridgehead atoms. The third-order valence-electron chi connectivity index (χ3n) is 3.44. The molecule has 0 aliphatic heterocycles. The second-order valence-electron chi connectivity index (χ2n) is 5.19. The highest BCUT2D eigenvalue weighted by Gasteiger charge is 2.14. The van der Waals surface area contributed by atoms with Crippen molar-refractivity contribution in [3.8, 4) is 5.69 Å². The van der Waals surface area contributed by atoms with E-state index in [1.165, 1.54) is 7.05 Å². The van der Waals surface area contributed by atoms with E-state index in [-0.39, 0.29) is 18.4 Å². The Morgan fingerprint density at radius 3 is 2.54 bits per heavy atom. The van der Waals surface area contributed by atoms with Gasteiger partial charge in [-0.25, -0.2) is 4.79 Å². The Labute approximate surface area is 150 Å².